The number of carboxylic acids is 1. The Morgan fingerprint density at radius 2 is 1.47 bits per heavy atom. The molecule has 1 fully saturated rings. The van der Waals surface area contributed by atoms with Crippen molar-refractivity contribution in [2.24, 2.45) is 0 Å². The maximum absolute atomic E-state index is 13.4. The number of carboxylic acid groups (broad SMARTS) is 1. The van der Waals surface area contributed by atoms with Crippen LogP contribution in [0.15, 0.2) is 72.8 Å². The molecule has 43 heavy (non-hydrogen) atoms. The number of halogens is 3. The van der Waals surface area contributed by atoms with Crippen LogP contribution in [0, 0.1) is 0 Å². The van der Waals surface area contributed by atoms with Crippen LogP contribution in [0.3, 0.4) is 0 Å². The first kappa shape index (κ1) is 31.4. The molecule has 8 nitrogen and oxygen atoms in total. The van der Waals surface area contributed by atoms with Gasteiger partial charge in [0.25, 0.3) is 5.91 Å². The smallest absolute Gasteiger partial charge is 0.481 e. The van der Waals surface area contributed by atoms with E-state index in [1.165, 1.54) is 66.8 Å². The molecular formula is C32H34F3N3O5. The largest absolute Gasteiger partial charge is 0.573 e. The molecule has 3 N–H and O–H groups in total. The molecule has 3 aromatic rings. The Balaban J connectivity index is 1.47. The van der Waals surface area contributed by atoms with Crippen LogP contribution in [0.4, 0.5) is 23.7 Å². The molecule has 0 spiro atoms. The van der Waals surface area contributed by atoms with Gasteiger partial charge in [-0.1, -0.05) is 55.7 Å². The van der Waals surface area contributed by atoms with Gasteiger partial charge in [0.05, 0.1) is 13.0 Å². The molecule has 0 radical (unpaired) electrons. The monoisotopic (exact) mass is 597 g/mol. The molecule has 11 heteroatoms. The average Bonchev–Trinajstić information content (AvgIpc) is 2.99. The summed E-state index contributed by atoms with van der Waals surface area (Å²) in [4.78, 5) is 38.0. The van der Waals surface area contributed by atoms with Gasteiger partial charge in [0.1, 0.15) is 5.75 Å². The molecule has 0 saturated heterocycles. The van der Waals surface area contributed by atoms with Gasteiger partial charge in [-0.2, -0.15) is 0 Å². The highest BCUT2D eigenvalue weighted by molar-refractivity contribution is 5.96. The molecule has 0 aromatic heterocycles. The molecule has 1 aliphatic rings. The fraction of sp³-hybridized carbons (Fsp3) is 0.344. The van der Waals surface area contributed by atoms with E-state index in [0.29, 0.717) is 22.7 Å². The molecule has 4 rings (SSSR count). The average molecular weight is 598 g/mol. The summed E-state index contributed by atoms with van der Waals surface area (Å²) < 4.78 is 41.3. The van der Waals surface area contributed by atoms with E-state index in [1.807, 2.05) is 12.1 Å². The topological polar surface area (TPSA) is 108 Å². The minimum absolute atomic E-state index is 0.00931. The second-order valence-electron chi connectivity index (χ2n) is 10.5. The van der Waals surface area contributed by atoms with Crippen LogP contribution in [-0.2, 0) is 17.9 Å². The number of urea groups is 1. The van der Waals surface area contributed by atoms with Crippen LogP contribution in [0.1, 0.15) is 71.5 Å². The van der Waals surface area contributed by atoms with Gasteiger partial charge in [0.15, 0.2) is 0 Å². The zero-order chi connectivity index (χ0) is 30.8. The normalized spacial score (nSPS) is 13.7. The highest BCUT2D eigenvalue weighted by atomic mass is 19.4. The fourth-order valence-electron chi connectivity index (χ4n) is 5.05. The first-order chi connectivity index (χ1) is 20.6. The summed E-state index contributed by atoms with van der Waals surface area (Å²) in [5.74, 6) is -1.26. The van der Waals surface area contributed by atoms with Crippen molar-refractivity contribution in [1.82, 2.24) is 10.6 Å². The van der Waals surface area contributed by atoms with Crippen molar-refractivity contribution in [3.8, 4) is 5.75 Å². The number of carbonyl (C=O) groups is 3. The summed E-state index contributed by atoms with van der Waals surface area (Å²) in [6.07, 6.45) is 1.08. The van der Waals surface area contributed by atoms with Gasteiger partial charge < -0.3 is 20.5 Å². The SMILES string of the molecule is O=C(O)CCNC(=O)c1ccc(N(Cc2ccc(C3CCCCC3)cc2)C(=O)NCc2ccc(OC(F)(F)F)cc2)cc1. The Morgan fingerprint density at radius 3 is 2.07 bits per heavy atom. The summed E-state index contributed by atoms with van der Waals surface area (Å²) in [6, 6.07) is 19.4. The number of nitrogens with zero attached hydrogens (tertiary/aromatic N) is 1. The predicted molar refractivity (Wildman–Crippen MR) is 155 cm³/mol. The van der Waals surface area contributed by atoms with Crippen molar-refractivity contribution < 1.29 is 37.4 Å². The molecule has 1 aliphatic carbocycles. The summed E-state index contributed by atoms with van der Waals surface area (Å²) in [5.41, 5.74) is 3.60. The predicted octanol–water partition coefficient (Wildman–Crippen LogP) is 6.75. The van der Waals surface area contributed by atoms with E-state index in [4.69, 9.17) is 5.11 Å². The second-order valence-corrected chi connectivity index (χ2v) is 10.5. The molecule has 0 aliphatic heterocycles. The van der Waals surface area contributed by atoms with Crippen molar-refractivity contribution in [3.63, 3.8) is 0 Å². The van der Waals surface area contributed by atoms with Crippen LogP contribution < -0.4 is 20.3 Å². The number of amides is 3. The van der Waals surface area contributed by atoms with Gasteiger partial charge in [0, 0.05) is 24.3 Å². The van der Waals surface area contributed by atoms with Crippen molar-refractivity contribution in [2.45, 2.75) is 63.9 Å². The number of ether oxygens (including phenoxy) is 1. The Morgan fingerprint density at radius 1 is 0.837 bits per heavy atom. The number of nitrogens with one attached hydrogen (secondary N) is 2. The van der Waals surface area contributed by atoms with E-state index in [9.17, 15) is 27.6 Å². The number of carbonyl (C=O) groups excluding carboxylic acids is 2. The Hall–Kier alpha value is -4.54. The second kappa shape index (κ2) is 14.6. The number of rotatable bonds is 11. The third-order valence-corrected chi connectivity index (χ3v) is 7.31. The van der Waals surface area contributed by atoms with E-state index in [2.05, 4.69) is 27.5 Å². The number of hydrogen-bond donors (Lipinski definition) is 3. The molecule has 0 unspecified atom stereocenters. The highest BCUT2D eigenvalue weighted by Gasteiger charge is 2.31. The molecular weight excluding hydrogens is 563 g/mol. The molecule has 228 valence electrons. The van der Waals surface area contributed by atoms with Crippen molar-refractivity contribution in [2.75, 3.05) is 11.4 Å². The number of hydrogen-bond acceptors (Lipinski definition) is 4. The zero-order valence-corrected chi connectivity index (χ0v) is 23.5. The standard InChI is InChI=1S/C32H34F3N3O5/c33-32(34,35)43-28-16-8-22(9-17-28)20-37-31(42)38(21-23-6-10-25(11-7-23)24-4-2-1-3-5-24)27-14-12-26(13-15-27)30(41)36-19-18-29(39)40/h6-17,24H,1-5,18-21H2,(H,36,41)(H,37,42)(H,39,40). The summed E-state index contributed by atoms with van der Waals surface area (Å²) in [6.45, 7) is 0.288. The van der Waals surface area contributed by atoms with E-state index in [1.54, 1.807) is 24.3 Å². The van der Waals surface area contributed by atoms with E-state index < -0.39 is 24.3 Å². The third-order valence-electron chi connectivity index (χ3n) is 7.31. The number of anilines is 1. The van der Waals surface area contributed by atoms with Crippen molar-refractivity contribution in [1.29, 1.82) is 0 Å². The lowest BCUT2D eigenvalue weighted by Gasteiger charge is -2.25. The first-order valence-corrected chi connectivity index (χ1v) is 14.2. The minimum Gasteiger partial charge on any atom is -0.481 e. The summed E-state index contributed by atoms with van der Waals surface area (Å²) in [7, 11) is 0. The van der Waals surface area contributed by atoms with Gasteiger partial charge in [0.2, 0.25) is 0 Å². The Kier molecular flexibility index (Phi) is 10.6. The third kappa shape index (κ3) is 9.76. The number of benzene rings is 3. The molecule has 0 atom stereocenters. The quantitative estimate of drug-likeness (QED) is 0.227. The van der Waals surface area contributed by atoms with Gasteiger partial charge in [-0.3, -0.25) is 14.5 Å². The van der Waals surface area contributed by atoms with Crippen molar-refractivity contribution >= 4 is 23.6 Å². The lowest BCUT2D eigenvalue weighted by Crippen LogP contribution is -2.39. The molecule has 3 aromatic carbocycles. The van der Waals surface area contributed by atoms with Gasteiger partial charge in [-0.15, -0.1) is 13.2 Å². The van der Waals surface area contributed by atoms with E-state index in [0.717, 1.165) is 5.56 Å². The first-order valence-electron chi connectivity index (χ1n) is 14.2. The van der Waals surface area contributed by atoms with Crippen LogP contribution >= 0.6 is 0 Å². The highest BCUT2D eigenvalue weighted by Crippen LogP contribution is 2.33. The maximum atomic E-state index is 13.4. The van der Waals surface area contributed by atoms with Crippen LogP contribution in [0.5, 0.6) is 5.75 Å². The van der Waals surface area contributed by atoms with Gasteiger partial charge in [-0.25, -0.2) is 4.79 Å². The minimum atomic E-state index is -4.79. The van der Waals surface area contributed by atoms with E-state index >= 15 is 0 Å². The van der Waals surface area contributed by atoms with Crippen LogP contribution in [-0.4, -0.2) is 35.9 Å². The fourth-order valence-corrected chi connectivity index (χ4v) is 5.05. The summed E-state index contributed by atoms with van der Waals surface area (Å²) in [5, 5.41) is 14.1. The Bertz CT molecular complexity index is 1370. The lowest BCUT2D eigenvalue weighted by molar-refractivity contribution is -0.274. The molecule has 0 heterocycles. The number of aliphatic carboxylic acids is 1. The zero-order valence-electron chi connectivity index (χ0n) is 23.5. The van der Waals surface area contributed by atoms with Crippen LogP contribution in [0.2, 0.25) is 0 Å². The summed E-state index contributed by atoms with van der Waals surface area (Å²) >= 11 is 0. The van der Waals surface area contributed by atoms with Crippen molar-refractivity contribution in [3.05, 3.63) is 95.1 Å². The molecule has 3 amide bonds. The Labute approximate surface area is 247 Å². The van der Waals surface area contributed by atoms with Gasteiger partial charge in [-0.05, 0) is 71.8 Å². The van der Waals surface area contributed by atoms with E-state index in [-0.39, 0.29) is 31.8 Å². The molecule has 0 bridgehead atoms. The molecule has 1 saturated carbocycles. The number of alkyl halides is 3. The lowest BCUT2D eigenvalue weighted by atomic mass is 9.84. The van der Waals surface area contributed by atoms with Gasteiger partial charge >= 0.3 is 18.4 Å². The maximum Gasteiger partial charge on any atom is 0.573 e. The van der Waals surface area contributed by atoms with Crippen LogP contribution in [0.25, 0.3) is 0 Å².